The van der Waals surface area contributed by atoms with Crippen molar-refractivity contribution in [1.82, 2.24) is 0 Å². The topological polar surface area (TPSA) is 20.2 Å². The number of aliphatic hydroxyl groups excluding tert-OH is 1. The lowest BCUT2D eigenvalue weighted by atomic mass is 9.63. The average molecular weight is 377 g/mol. The minimum absolute atomic E-state index is 0.273. The van der Waals surface area contributed by atoms with Gasteiger partial charge in [-0.05, 0) is 76.3 Å². The summed E-state index contributed by atoms with van der Waals surface area (Å²) in [6, 6.07) is 14.2. The lowest BCUT2D eigenvalue weighted by Gasteiger charge is -2.42. The van der Waals surface area contributed by atoms with Crippen molar-refractivity contribution < 1.29 is 5.11 Å². The fraction of sp³-hybridized carbons (Fsp3) is 0.481. The number of hydrogen-bond acceptors (Lipinski definition) is 1. The van der Waals surface area contributed by atoms with Gasteiger partial charge in [0.25, 0.3) is 0 Å². The highest BCUT2D eigenvalue weighted by atomic mass is 16.2. The second-order valence-corrected chi connectivity index (χ2v) is 9.94. The van der Waals surface area contributed by atoms with E-state index < -0.39 is 0 Å². The molecule has 1 unspecified atom stereocenters. The van der Waals surface area contributed by atoms with Crippen LogP contribution in [-0.4, -0.2) is 12.2 Å². The SMILES string of the molecule is CO.Cc1ccc2c(c1)CC(C)/C2=C\c1ccc2c(c1)C(C)(C)CCC2(C)C. The summed E-state index contributed by atoms with van der Waals surface area (Å²) >= 11 is 0. The molecule has 1 atom stereocenters. The van der Waals surface area contributed by atoms with Gasteiger partial charge in [0.15, 0.2) is 0 Å². The molecule has 2 aliphatic carbocycles. The van der Waals surface area contributed by atoms with E-state index in [0.29, 0.717) is 11.3 Å². The third-order valence-corrected chi connectivity index (χ3v) is 6.83. The monoisotopic (exact) mass is 376 g/mol. The zero-order valence-corrected chi connectivity index (χ0v) is 18.7. The summed E-state index contributed by atoms with van der Waals surface area (Å²) in [7, 11) is 1.00. The summed E-state index contributed by atoms with van der Waals surface area (Å²) in [4.78, 5) is 0. The van der Waals surface area contributed by atoms with E-state index >= 15 is 0 Å². The fourth-order valence-electron chi connectivity index (χ4n) is 4.97. The van der Waals surface area contributed by atoms with Crippen LogP contribution in [0.25, 0.3) is 11.6 Å². The van der Waals surface area contributed by atoms with Crippen molar-refractivity contribution in [3.63, 3.8) is 0 Å². The van der Waals surface area contributed by atoms with Gasteiger partial charge in [-0.1, -0.05) is 82.7 Å². The van der Waals surface area contributed by atoms with Gasteiger partial charge < -0.3 is 5.11 Å². The van der Waals surface area contributed by atoms with Crippen molar-refractivity contribution in [3.8, 4) is 0 Å². The van der Waals surface area contributed by atoms with E-state index in [1.807, 2.05) is 0 Å². The largest absolute Gasteiger partial charge is 0.400 e. The Bertz CT molecular complexity index is 898. The van der Waals surface area contributed by atoms with E-state index in [2.05, 4.69) is 84.0 Å². The molecule has 2 aromatic rings. The van der Waals surface area contributed by atoms with Gasteiger partial charge in [0.2, 0.25) is 0 Å². The zero-order valence-electron chi connectivity index (χ0n) is 18.7. The maximum Gasteiger partial charge on any atom is 0.0319 e. The summed E-state index contributed by atoms with van der Waals surface area (Å²) in [6.45, 7) is 14.2. The van der Waals surface area contributed by atoms with Crippen molar-refractivity contribution >= 4 is 11.6 Å². The first-order chi connectivity index (χ1) is 13.2. The Hall–Kier alpha value is -1.86. The summed E-state index contributed by atoms with van der Waals surface area (Å²) in [5.74, 6) is 0.604. The van der Waals surface area contributed by atoms with Crippen molar-refractivity contribution in [1.29, 1.82) is 0 Å². The molecule has 2 aromatic carbocycles. The molecule has 2 aliphatic rings. The molecule has 1 heteroatoms. The Labute approximate surface area is 171 Å². The molecule has 0 saturated carbocycles. The molecule has 0 fully saturated rings. The lowest BCUT2D eigenvalue weighted by Crippen LogP contribution is -2.33. The molecule has 0 aromatic heterocycles. The minimum atomic E-state index is 0.273. The Morgan fingerprint density at radius 1 is 0.893 bits per heavy atom. The van der Waals surface area contributed by atoms with Gasteiger partial charge in [-0.3, -0.25) is 0 Å². The normalized spacial score (nSPS) is 22.9. The van der Waals surface area contributed by atoms with Crippen LogP contribution in [0.5, 0.6) is 0 Å². The number of hydrogen-bond donors (Lipinski definition) is 1. The molecule has 0 amide bonds. The van der Waals surface area contributed by atoms with E-state index in [0.717, 1.165) is 7.11 Å². The lowest BCUT2D eigenvalue weighted by molar-refractivity contribution is 0.332. The van der Waals surface area contributed by atoms with Crippen LogP contribution < -0.4 is 0 Å². The van der Waals surface area contributed by atoms with Crippen LogP contribution in [0.4, 0.5) is 0 Å². The number of aryl methyl sites for hydroxylation is 1. The van der Waals surface area contributed by atoms with Crippen LogP contribution in [-0.2, 0) is 17.3 Å². The van der Waals surface area contributed by atoms with Gasteiger partial charge in [-0.2, -0.15) is 0 Å². The van der Waals surface area contributed by atoms with Crippen molar-refractivity contribution in [2.45, 2.75) is 71.6 Å². The first-order valence-electron chi connectivity index (χ1n) is 10.6. The molecule has 0 bridgehead atoms. The fourth-order valence-corrected chi connectivity index (χ4v) is 4.97. The standard InChI is InChI=1S/C26H32.CH4O/c1-17-7-9-21-20(13-17)14-18(2)22(21)15-19-8-10-23-24(16-19)26(5,6)12-11-25(23,3)4;1-2/h7-10,13,15-16,18H,11-12,14H2,1-6H3;2H,1H3/b22-15+;. The predicted octanol–water partition coefficient (Wildman–Crippen LogP) is 6.69. The van der Waals surface area contributed by atoms with Crippen LogP contribution in [0.2, 0.25) is 0 Å². The number of benzene rings is 2. The van der Waals surface area contributed by atoms with E-state index in [-0.39, 0.29) is 5.41 Å². The molecule has 0 saturated heterocycles. The van der Waals surface area contributed by atoms with E-state index in [4.69, 9.17) is 5.11 Å². The highest BCUT2D eigenvalue weighted by Crippen LogP contribution is 2.46. The van der Waals surface area contributed by atoms with Crippen LogP contribution in [0, 0.1) is 12.8 Å². The predicted molar refractivity (Wildman–Crippen MR) is 122 cm³/mol. The summed E-state index contributed by atoms with van der Waals surface area (Å²) in [5.41, 5.74) is 10.9. The Morgan fingerprint density at radius 2 is 1.54 bits per heavy atom. The first kappa shape index (κ1) is 20.9. The summed E-state index contributed by atoms with van der Waals surface area (Å²) in [5, 5.41) is 7.00. The number of allylic oxidation sites excluding steroid dienone is 1. The highest BCUT2D eigenvalue weighted by molar-refractivity contribution is 5.87. The Balaban J connectivity index is 0.00000109. The smallest absolute Gasteiger partial charge is 0.0319 e. The molecule has 1 N–H and O–H groups in total. The number of rotatable bonds is 1. The van der Waals surface area contributed by atoms with Gasteiger partial charge in [-0.25, -0.2) is 0 Å². The van der Waals surface area contributed by atoms with Crippen molar-refractivity contribution in [2.75, 3.05) is 7.11 Å². The Kier molecular flexibility index (Phi) is 5.60. The molecule has 28 heavy (non-hydrogen) atoms. The molecule has 1 nitrogen and oxygen atoms in total. The molecule has 4 rings (SSSR count). The Morgan fingerprint density at radius 3 is 2.21 bits per heavy atom. The van der Waals surface area contributed by atoms with Gasteiger partial charge in [0.1, 0.15) is 0 Å². The van der Waals surface area contributed by atoms with Gasteiger partial charge in [0, 0.05) is 7.11 Å². The average Bonchev–Trinajstić information content (AvgIpc) is 2.95. The zero-order chi connectivity index (χ0) is 20.7. The van der Waals surface area contributed by atoms with Crippen LogP contribution in [0.3, 0.4) is 0 Å². The minimum Gasteiger partial charge on any atom is -0.400 e. The van der Waals surface area contributed by atoms with Gasteiger partial charge >= 0.3 is 0 Å². The maximum atomic E-state index is 7.00. The maximum absolute atomic E-state index is 7.00. The second kappa shape index (κ2) is 7.52. The van der Waals surface area contributed by atoms with Crippen molar-refractivity contribution in [2.24, 2.45) is 5.92 Å². The third kappa shape index (κ3) is 3.70. The molecule has 0 aliphatic heterocycles. The summed E-state index contributed by atoms with van der Waals surface area (Å²) in [6.07, 6.45) is 6.17. The molecular weight excluding hydrogens is 340 g/mol. The van der Waals surface area contributed by atoms with Gasteiger partial charge in [-0.15, -0.1) is 0 Å². The van der Waals surface area contributed by atoms with Crippen LogP contribution in [0.15, 0.2) is 36.4 Å². The number of aliphatic hydroxyl groups is 1. The molecule has 0 heterocycles. The van der Waals surface area contributed by atoms with E-state index in [9.17, 15) is 0 Å². The highest BCUT2D eigenvalue weighted by Gasteiger charge is 2.36. The second-order valence-electron chi connectivity index (χ2n) is 9.94. The first-order valence-corrected chi connectivity index (χ1v) is 10.6. The van der Waals surface area contributed by atoms with E-state index in [1.54, 1.807) is 11.1 Å². The molecular formula is C27H36O. The molecule has 0 radical (unpaired) electrons. The third-order valence-electron chi connectivity index (χ3n) is 6.83. The van der Waals surface area contributed by atoms with Crippen molar-refractivity contribution in [3.05, 3.63) is 69.8 Å². The van der Waals surface area contributed by atoms with E-state index in [1.165, 1.54) is 47.1 Å². The van der Waals surface area contributed by atoms with Gasteiger partial charge in [0.05, 0.1) is 0 Å². The molecule has 150 valence electrons. The quantitative estimate of drug-likeness (QED) is 0.588. The number of fused-ring (bicyclic) bond motifs is 2. The van der Waals surface area contributed by atoms with Crippen LogP contribution >= 0.6 is 0 Å². The molecule has 0 spiro atoms. The van der Waals surface area contributed by atoms with Crippen LogP contribution in [0.1, 0.15) is 80.8 Å². The summed E-state index contributed by atoms with van der Waals surface area (Å²) < 4.78 is 0.